The summed E-state index contributed by atoms with van der Waals surface area (Å²) in [6, 6.07) is 0.890. The van der Waals surface area contributed by atoms with Gasteiger partial charge >= 0.3 is 0 Å². The van der Waals surface area contributed by atoms with Crippen molar-refractivity contribution in [3.8, 4) is 5.75 Å². The molecule has 3 amide bonds. The molecular formula is C28H45IN4O6S. The number of carbonyl (C=O) groups excluding carboxylic acids is 3. The number of nitrogens with one attached hydrogen (secondary N) is 3. The molecule has 0 saturated carbocycles. The van der Waals surface area contributed by atoms with Gasteiger partial charge in [-0.25, -0.2) is 8.42 Å². The number of carbonyl (C=O) groups is 3. The monoisotopic (exact) mass is 692 g/mol. The van der Waals surface area contributed by atoms with Gasteiger partial charge in [0.2, 0.25) is 17.7 Å². The first-order valence-electron chi connectivity index (χ1n) is 13.4. The second-order valence-electron chi connectivity index (χ2n) is 11.5. The average molecular weight is 693 g/mol. The normalized spacial score (nSPS) is 14.4. The summed E-state index contributed by atoms with van der Waals surface area (Å²) in [4.78, 5) is 39.6. The molecular weight excluding hydrogens is 647 g/mol. The highest BCUT2D eigenvalue weighted by atomic mass is 127. The third-order valence-electron chi connectivity index (χ3n) is 5.83. The number of nitrogens with two attached hydrogens (primary N) is 1. The molecule has 10 nitrogen and oxygen atoms in total. The summed E-state index contributed by atoms with van der Waals surface area (Å²) < 4.78 is 23.8. The highest BCUT2D eigenvalue weighted by Gasteiger charge is 2.29. The van der Waals surface area contributed by atoms with Crippen LogP contribution < -0.4 is 21.7 Å². The molecule has 0 heterocycles. The van der Waals surface area contributed by atoms with Gasteiger partial charge in [-0.3, -0.25) is 14.4 Å². The summed E-state index contributed by atoms with van der Waals surface area (Å²) >= 11 is 1.93. The lowest BCUT2D eigenvalue weighted by molar-refractivity contribution is -0.132. The minimum atomic E-state index is -3.37. The van der Waals surface area contributed by atoms with E-state index in [4.69, 9.17) is 5.73 Å². The van der Waals surface area contributed by atoms with E-state index < -0.39 is 45.7 Å². The Morgan fingerprint density at radius 1 is 0.900 bits per heavy atom. The molecule has 0 saturated heterocycles. The summed E-state index contributed by atoms with van der Waals surface area (Å²) in [6.07, 6.45) is 3.74. The molecule has 0 spiro atoms. The highest BCUT2D eigenvalue weighted by molar-refractivity contribution is 14.1. The molecule has 1 aromatic rings. The van der Waals surface area contributed by atoms with Crippen molar-refractivity contribution in [3.63, 3.8) is 0 Å². The number of nitrogen functional groups attached to an aromatic ring is 1. The van der Waals surface area contributed by atoms with Gasteiger partial charge in [0.25, 0.3) is 0 Å². The van der Waals surface area contributed by atoms with Gasteiger partial charge in [-0.05, 0) is 77.3 Å². The van der Waals surface area contributed by atoms with Gasteiger partial charge in [0.05, 0.1) is 15.7 Å². The van der Waals surface area contributed by atoms with E-state index in [0.717, 1.165) is 11.7 Å². The number of hydrogen-bond acceptors (Lipinski definition) is 7. The Kier molecular flexibility index (Phi) is 14.4. The molecule has 0 bridgehead atoms. The van der Waals surface area contributed by atoms with Gasteiger partial charge < -0.3 is 26.8 Å². The standard InChI is InChI=1S/C28H45IN4O6S/c1-16(2)10-20(8-9-40(7,38)39)31-27(36)24(12-18(5)6)33-28(37)23(11-17(3)4)32-25(34)15-19-13-21(29)26(35)22(30)14-19/h8-9,13-14,16-18,20,23-24,35H,10-12,15,30H2,1-7H3,(H,31,36)(H,32,34)(H,33,37)/t20-,23+,24+/m1/s1. The van der Waals surface area contributed by atoms with Crippen LogP contribution in [0.2, 0.25) is 0 Å². The first-order chi connectivity index (χ1) is 18.4. The number of phenols is 1. The molecule has 40 heavy (non-hydrogen) atoms. The molecule has 1 aromatic carbocycles. The first-order valence-corrected chi connectivity index (χ1v) is 16.5. The Morgan fingerprint density at radius 3 is 1.88 bits per heavy atom. The lowest BCUT2D eigenvalue weighted by atomic mass is 9.99. The number of rotatable bonds is 15. The van der Waals surface area contributed by atoms with Gasteiger partial charge in [0.15, 0.2) is 15.6 Å². The van der Waals surface area contributed by atoms with Crippen molar-refractivity contribution < 1.29 is 27.9 Å². The first kappa shape index (κ1) is 35.7. The zero-order chi connectivity index (χ0) is 30.8. The van der Waals surface area contributed by atoms with Gasteiger partial charge in [-0.2, -0.15) is 0 Å². The van der Waals surface area contributed by atoms with Crippen LogP contribution in [0.15, 0.2) is 23.6 Å². The summed E-state index contributed by atoms with van der Waals surface area (Å²) in [5.41, 5.74) is 6.57. The van der Waals surface area contributed by atoms with Crippen LogP contribution in [0, 0.1) is 21.3 Å². The number of anilines is 1. The largest absolute Gasteiger partial charge is 0.505 e. The van der Waals surface area contributed by atoms with E-state index in [-0.39, 0.29) is 35.6 Å². The van der Waals surface area contributed by atoms with Crippen molar-refractivity contribution in [2.45, 2.75) is 85.4 Å². The summed E-state index contributed by atoms with van der Waals surface area (Å²) in [7, 11) is -3.37. The predicted molar refractivity (Wildman–Crippen MR) is 167 cm³/mol. The lowest BCUT2D eigenvalue weighted by Crippen LogP contribution is -2.55. The fraction of sp³-hybridized carbons (Fsp3) is 0.607. The third-order valence-corrected chi connectivity index (χ3v) is 7.30. The Balaban J connectivity index is 3.09. The molecule has 0 unspecified atom stereocenters. The topological polar surface area (TPSA) is 168 Å². The van der Waals surface area contributed by atoms with Crippen LogP contribution in [-0.2, 0) is 30.6 Å². The molecule has 0 aliphatic rings. The molecule has 0 radical (unpaired) electrons. The van der Waals surface area contributed by atoms with Gasteiger partial charge in [-0.1, -0.05) is 47.6 Å². The number of amides is 3. The predicted octanol–water partition coefficient (Wildman–Crippen LogP) is 3.27. The molecule has 3 atom stereocenters. The summed E-state index contributed by atoms with van der Waals surface area (Å²) in [6.45, 7) is 11.6. The molecule has 12 heteroatoms. The lowest BCUT2D eigenvalue weighted by Gasteiger charge is -2.27. The second kappa shape index (κ2) is 16.2. The van der Waals surface area contributed by atoms with Crippen LogP contribution >= 0.6 is 22.6 Å². The molecule has 0 aromatic heterocycles. The quantitative estimate of drug-likeness (QED) is 0.107. The Bertz CT molecular complexity index is 1140. The van der Waals surface area contributed by atoms with Crippen molar-refractivity contribution in [2.75, 3.05) is 12.0 Å². The molecule has 1 rings (SSSR count). The summed E-state index contributed by atoms with van der Waals surface area (Å²) in [5, 5.41) is 19.4. The van der Waals surface area contributed by atoms with E-state index in [0.29, 0.717) is 28.4 Å². The van der Waals surface area contributed by atoms with Gasteiger partial charge in [0, 0.05) is 17.7 Å². The fourth-order valence-corrected chi connectivity index (χ4v) is 5.29. The second-order valence-corrected chi connectivity index (χ2v) is 14.6. The maximum Gasteiger partial charge on any atom is 0.243 e. The van der Waals surface area contributed by atoms with E-state index >= 15 is 0 Å². The van der Waals surface area contributed by atoms with Crippen LogP contribution in [0.25, 0.3) is 0 Å². The number of hydrogen-bond donors (Lipinski definition) is 5. The summed E-state index contributed by atoms with van der Waals surface area (Å²) in [5.74, 6) is -0.995. The highest BCUT2D eigenvalue weighted by Crippen LogP contribution is 2.28. The van der Waals surface area contributed by atoms with Gasteiger partial charge in [-0.15, -0.1) is 0 Å². The number of halogens is 1. The third kappa shape index (κ3) is 13.8. The smallest absolute Gasteiger partial charge is 0.243 e. The maximum atomic E-state index is 13.4. The van der Waals surface area contributed by atoms with Crippen molar-refractivity contribution in [3.05, 3.63) is 32.8 Å². The molecule has 0 fully saturated rings. The van der Waals surface area contributed by atoms with Crippen LogP contribution in [-0.4, -0.2) is 55.6 Å². The van der Waals surface area contributed by atoms with E-state index in [9.17, 15) is 27.9 Å². The van der Waals surface area contributed by atoms with Crippen molar-refractivity contribution in [1.82, 2.24) is 16.0 Å². The zero-order valence-electron chi connectivity index (χ0n) is 24.5. The zero-order valence-corrected chi connectivity index (χ0v) is 27.4. The minimum Gasteiger partial charge on any atom is -0.505 e. The fourth-order valence-electron chi connectivity index (χ4n) is 4.10. The maximum absolute atomic E-state index is 13.4. The van der Waals surface area contributed by atoms with Crippen LogP contribution in [0.1, 0.15) is 66.4 Å². The van der Waals surface area contributed by atoms with E-state index in [1.165, 1.54) is 12.1 Å². The SMILES string of the molecule is CC(C)C[C@@H](C=CS(C)(=O)=O)NC(=O)[C@H](CC(C)C)NC(=O)[C@H](CC(C)C)NC(=O)Cc1cc(N)c(O)c(I)c1. The Morgan fingerprint density at radius 2 is 1.40 bits per heavy atom. The van der Waals surface area contributed by atoms with E-state index in [1.807, 2.05) is 64.1 Å². The van der Waals surface area contributed by atoms with Crippen molar-refractivity contribution in [2.24, 2.45) is 17.8 Å². The van der Waals surface area contributed by atoms with Crippen LogP contribution in [0.4, 0.5) is 5.69 Å². The molecule has 6 N–H and O–H groups in total. The minimum absolute atomic E-state index is 0.0399. The number of benzene rings is 1. The van der Waals surface area contributed by atoms with E-state index in [1.54, 1.807) is 6.07 Å². The van der Waals surface area contributed by atoms with Crippen LogP contribution in [0.3, 0.4) is 0 Å². The average Bonchev–Trinajstić information content (AvgIpc) is 2.78. The molecule has 0 aliphatic heterocycles. The number of phenolic OH excluding ortho intramolecular Hbond substituents is 1. The Labute approximate surface area is 252 Å². The van der Waals surface area contributed by atoms with Crippen molar-refractivity contribution >= 4 is 55.8 Å². The molecule has 0 aliphatic carbocycles. The Hall–Kier alpha value is -2.35. The molecule has 226 valence electrons. The van der Waals surface area contributed by atoms with Crippen LogP contribution in [0.5, 0.6) is 5.75 Å². The van der Waals surface area contributed by atoms with Crippen molar-refractivity contribution in [1.29, 1.82) is 0 Å². The number of aromatic hydroxyl groups is 1. The van der Waals surface area contributed by atoms with Gasteiger partial charge in [0.1, 0.15) is 12.1 Å². The van der Waals surface area contributed by atoms with E-state index in [2.05, 4.69) is 16.0 Å². The number of sulfone groups is 1.